The summed E-state index contributed by atoms with van der Waals surface area (Å²) >= 11 is 1.21. The summed E-state index contributed by atoms with van der Waals surface area (Å²) in [6.07, 6.45) is 1.70. The molecule has 0 amide bonds. The molecule has 0 aliphatic heterocycles. The van der Waals surface area contributed by atoms with Crippen LogP contribution in [0.3, 0.4) is 0 Å². The highest BCUT2D eigenvalue weighted by Gasteiger charge is 2.18. The average molecular weight is 453 g/mol. The monoisotopic (exact) mass is 453 g/mol. The van der Waals surface area contributed by atoms with E-state index < -0.39 is 5.97 Å². The second-order valence-electron chi connectivity index (χ2n) is 6.63. The zero-order valence-electron chi connectivity index (χ0n) is 17.7. The van der Waals surface area contributed by atoms with Crippen LogP contribution in [0.5, 0.6) is 23.0 Å². The molecular formula is C22H19N3O6S. The van der Waals surface area contributed by atoms with E-state index in [9.17, 15) is 9.59 Å². The number of hydrogen-bond donors (Lipinski definition) is 0. The van der Waals surface area contributed by atoms with Crippen molar-refractivity contribution in [3.05, 3.63) is 56.8 Å². The van der Waals surface area contributed by atoms with Crippen LogP contribution in [0.25, 0.3) is 22.4 Å². The van der Waals surface area contributed by atoms with Crippen LogP contribution >= 0.6 is 11.3 Å². The highest BCUT2D eigenvalue weighted by Crippen LogP contribution is 2.40. The maximum atomic E-state index is 12.9. The Morgan fingerprint density at radius 3 is 2.38 bits per heavy atom. The molecule has 10 heteroatoms. The van der Waals surface area contributed by atoms with Crippen molar-refractivity contribution in [2.75, 3.05) is 21.3 Å². The predicted octanol–water partition coefficient (Wildman–Crippen LogP) is 2.32. The minimum Gasteiger partial charge on any atom is -0.493 e. The van der Waals surface area contributed by atoms with Gasteiger partial charge < -0.3 is 18.9 Å². The van der Waals surface area contributed by atoms with E-state index in [0.29, 0.717) is 43.9 Å². The maximum absolute atomic E-state index is 12.9. The second-order valence-corrected chi connectivity index (χ2v) is 7.63. The van der Waals surface area contributed by atoms with Gasteiger partial charge in [-0.25, -0.2) is 0 Å². The molecule has 0 bridgehead atoms. The molecule has 2 aromatic carbocycles. The van der Waals surface area contributed by atoms with E-state index in [1.165, 1.54) is 44.1 Å². The van der Waals surface area contributed by atoms with Crippen LogP contribution in [-0.4, -0.2) is 41.9 Å². The van der Waals surface area contributed by atoms with Crippen molar-refractivity contribution in [1.29, 1.82) is 0 Å². The molecule has 4 aromatic rings. The van der Waals surface area contributed by atoms with Crippen molar-refractivity contribution in [3.63, 3.8) is 0 Å². The minimum atomic E-state index is -0.412. The Labute approximate surface area is 186 Å². The van der Waals surface area contributed by atoms with Gasteiger partial charge in [-0.3, -0.25) is 9.59 Å². The van der Waals surface area contributed by atoms with E-state index in [1.807, 2.05) is 6.07 Å². The molecule has 2 heterocycles. The Balaban J connectivity index is 1.75. The summed E-state index contributed by atoms with van der Waals surface area (Å²) in [5.41, 5.74) is 1.04. The molecular weight excluding hydrogens is 434 g/mol. The Bertz CT molecular complexity index is 1400. The summed E-state index contributed by atoms with van der Waals surface area (Å²) in [6, 6.07) is 10.3. The Morgan fingerprint density at radius 1 is 1.06 bits per heavy atom. The van der Waals surface area contributed by atoms with E-state index in [-0.39, 0.29) is 5.56 Å². The molecule has 0 unspecified atom stereocenters. The topological polar surface area (TPSA) is 101 Å². The average Bonchev–Trinajstić information content (AvgIpc) is 3.32. The number of rotatable bonds is 6. The van der Waals surface area contributed by atoms with Gasteiger partial charge in [-0.05, 0) is 35.9 Å². The molecule has 164 valence electrons. The molecule has 0 spiro atoms. The number of nitrogens with zero attached hydrogens (tertiary/aromatic N) is 3. The van der Waals surface area contributed by atoms with Crippen LogP contribution in [-0.2, 0) is 4.79 Å². The van der Waals surface area contributed by atoms with Gasteiger partial charge in [0.1, 0.15) is 5.75 Å². The van der Waals surface area contributed by atoms with Crippen LogP contribution in [0, 0.1) is 0 Å². The number of carbonyl (C=O) groups is 1. The van der Waals surface area contributed by atoms with E-state index in [1.54, 1.807) is 36.4 Å². The Morgan fingerprint density at radius 2 is 1.78 bits per heavy atom. The van der Waals surface area contributed by atoms with Crippen molar-refractivity contribution in [2.24, 2.45) is 0 Å². The smallest absolute Gasteiger partial charge is 0.308 e. The molecule has 0 aliphatic carbocycles. The number of carbonyl (C=O) groups excluding carboxylic acids is 1. The van der Waals surface area contributed by atoms with E-state index >= 15 is 0 Å². The van der Waals surface area contributed by atoms with Crippen molar-refractivity contribution < 1.29 is 23.7 Å². The SMILES string of the molecule is COc1cc(-c2nc3sc(=Cc4cccc(OC(C)=O)c4)c(=O)n3n2)cc(OC)c1OC. The number of fused-ring (bicyclic) bond motifs is 1. The van der Waals surface area contributed by atoms with E-state index in [0.717, 1.165) is 5.56 Å². The lowest BCUT2D eigenvalue weighted by atomic mass is 10.1. The number of aromatic nitrogens is 3. The number of ether oxygens (including phenoxy) is 4. The summed E-state index contributed by atoms with van der Waals surface area (Å²) in [5, 5.41) is 4.37. The molecule has 0 aliphatic rings. The molecule has 9 nitrogen and oxygen atoms in total. The van der Waals surface area contributed by atoms with Crippen LogP contribution in [0.15, 0.2) is 41.2 Å². The van der Waals surface area contributed by atoms with Crippen molar-refractivity contribution in [3.8, 4) is 34.4 Å². The Kier molecular flexibility index (Phi) is 5.78. The quantitative estimate of drug-likeness (QED) is 0.324. The van der Waals surface area contributed by atoms with Gasteiger partial charge in [0, 0.05) is 12.5 Å². The van der Waals surface area contributed by atoms with Crippen molar-refractivity contribution in [2.45, 2.75) is 6.92 Å². The molecule has 0 saturated carbocycles. The number of methoxy groups -OCH3 is 3. The zero-order chi connectivity index (χ0) is 22.8. The molecule has 0 radical (unpaired) electrons. The number of benzene rings is 2. The van der Waals surface area contributed by atoms with Gasteiger partial charge in [0.05, 0.1) is 25.9 Å². The lowest BCUT2D eigenvalue weighted by Gasteiger charge is -2.12. The van der Waals surface area contributed by atoms with Crippen LogP contribution in [0.1, 0.15) is 12.5 Å². The highest BCUT2D eigenvalue weighted by molar-refractivity contribution is 7.15. The van der Waals surface area contributed by atoms with E-state index in [2.05, 4.69) is 10.1 Å². The van der Waals surface area contributed by atoms with Crippen LogP contribution in [0.2, 0.25) is 0 Å². The fourth-order valence-electron chi connectivity index (χ4n) is 3.15. The fraction of sp³-hybridized carbons (Fsp3) is 0.182. The molecule has 0 saturated heterocycles. The first-order valence-electron chi connectivity index (χ1n) is 9.43. The fourth-order valence-corrected chi connectivity index (χ4v) is 4.06. The first-order valence-corrected chi connectivity index (χ1v) is 10.2. The van der Waals surface area contributed by atoms with Gasteiger partial charge in [0.25, 0.3) is 5.56 Å². The number of hydrogen-bond acceptors (Lipinski definition) is 9. The van der Waals surface area contributed by atoms with Crippen LogP contribution in [0.4, 0.5) is 0 Å². The van der Waals surface area contributed by atoms with Gasteiger partial charge in [0.15, 0.2) is 17.3 Å². The second kappa shape index (κ2) is 8.67. The highest BCUT2D eigenvalue weighted by atomic mass is 32.1. The minimum absolute atomic E-state index is 0.297. The predicted molar refractivity (Wildman–Crippen MR) is 119 cm³/mol. The zero-order valence-corrected chi connectivity index (χ0v) is 18.6. The summed E-state index contributed by atoms with van der Waals surface area (Å²) in [7, 11) is 4.57. The number of thiazole rings is 1. The van der Waals surface area contributed by atoms with Crippen LogP contribution < -0.4 is 29.0 Å². The summed E-state index contributed by atoms with van der Waals surface area (Å²) < 4.78 is 22.9. The molecule has 0 fully saturated rings. The standard InChI is InChI=1S/C22H19N3O6S/c1-12(26)31-15-7-5-6-13(8-15)9-18-21(27)25-22(32-18)23-20(24-25)14-10-16(28-2)19(30-4)17(11-14)29-3/h5-11H,1-4H3. The third-order valence-corrected chi connectivity index (χ3v) is 5.48. The maximum Gasteiger partial charge on any atom is 0.308 e. The summed E-state index contributed by atoms with van der Waals surface area (Å²) in [4.78, 5) is 29.0. The molecule has 0 N–H and O–H groups in total. The lowest BCUT2D eigenvalue weighted by molar-refractivity contribution is -0.131. The third kappa shape index (κ3) is 4.00. The molecule has 0 atom stereocenters. The van der Waals surface area contributed by atoms with Crippen molar-refractivity contribution in [1.82, 2.24) is 14.6 Å². The van der Waals surface area contributed by atoms with Gasteiger partial charge >= 0.3 is 5.97 Å². The van der Waals surface area contributed by atoms with Gasteiger partial charge in [-0.2, -0.15) is 9.50 Å². The number of esters is 1. The van der Waals surface area contributed by atoms with Gasteiger partial charge in [-0.1, -0.05) is 23.5 Å². The summed E-state index contributed by atoms with van der Waals surface area (Å²) in [6.45, 7) is 1.33. The Hall–Kier alpha value is -3.92. The van der Waals surface area contributed by atoms with Crippen molar-refractivity contribution >= 4 is 28.3 Å². The first-order chi connectivity index (χ1) is 15.4. The largest absolute Gasteiger partial charge is 0.493 e. The van der Waals surface area contributed by atoms with E-state index in [4.69, 9.17) is 18.9 Å². The third-order valence-electron chi connectivity index (χ3n) is 4.52. The van der Waals surface area contributed by atoms with Gasteiger partial charge in [0.2, 0.25) is 10.7 Å². The summed E-state index contributed by atoms with van der Waals surface area (Å²) in [5.74, 6) is 1.73. The van der Waals surface area contributed by atoms with Gasteiger partial charge in [-0.15, -0.1) is 5.10 Å². The molecule has 4 rings (SSSR count). The molecule has 2 aromatic heterocycles. The molecule has 32 heavy (non-hydrogen) atoms. The normalized spacial score (nSPS) is 11.6. The lowest BCUT2D eigenvalue weighted by Crippen LogP contribution is -2.23. The first kappa shape index (κ1) is 21.3.